The molecule has 1 aliphatic carbocycles. The zero-order valence-electron chi connectivity index (χ0n) is 11.0. The van der Waals surface area contributed by atoms with E-state index in [-0.39, 0.29) is 11.9 Å². The SMILES string of the molecule is CC1CCCCC1OCc1cc(CN)ccc1F. The molecule has 1 aliphatic rings. The van der Waals surface area contributed by atoms with E-state index in [2.05, 4.69) is 6.92 Å². The van der Waals surface area contributed by atoms with Crippen molar-refractivity contribution in [2.45, 2.75) is 51.9 Å². The van der Waals surface area contributed by atoms with Crippen LogP contribution in [0.3, 0.4) is 0 Å². The predicted octanol–water partition coefficient (Wildman–Crippen LogP) is 3.38. The van der Waals surface area contributed by atoms with Crippen LogP contribution in [0.5, 0.6) is 0 Å². The summed E-state index contributed by atoms with van der Waals surface area (Å²) < 4.78 is 19.5. The van der Waals surface area contributed by atoms with Gasteiger partial charge in [-0.2, -0.15) is 0 Å². The third kappa shape index (κ3) is 3.30. The fraction of sp³-hybridized carbons (Fsp3) is 0.600. The van der Waals surface area contributed by atoms with Gasteiger partial charge in [0.05, 0.1) is 12.7 Å². The zero-order valence-corrected chi connectivity index (χ0v) is 11.0. The van der Waals surface area contributed by atoms with Gasteiger partial charge < -0.3 is 10.5 Å². The third-order valence-corrected chi connectivity index (χ3v) is 3.83. The molecule has 100 valence electrons. The summed E-state index contributed by atoms with van der Waals surface area (Å²) in [5.41, 5.74) is 7.14. The second-order valence-electron chi connectivity index (χ2n) is 5.24. The van der Waals surface area contributed by atoms with Crippen molar-refractivity contribution >= 4 is 0 Å². The average molecular weight is 251 g/mol. The minimum atomic E-state index is -0.198. The monoisotopic (exact) mass is 251 g/mol. The van der Waals surface area contributed by atoms with Crippen molar-refractivity contribution in [1.82, 2.24) is 0 Å². The number of benzene rings is 1. The van der Waals surface area contributed by atoms with Crippen LogP contribution in [-0.2, 0) is 17.9 Å². The van der Waals surface area contributed by atoms with E-state index < -0.39 is 0 Å². The molecule has 2 atom stereocenters. The maximum atomic E-state index is 13.6. The molecule has 0 saturated heterocycles. The van der Waals surface area contributed by atoms with Gasteiger partial charge in [0.1, 0.15) is 5.82 Å². The van der Waals surface area contributed by atoms with Gasteiger partial charge in [0.2, 0.25) is 0 Å². The summed E-state index contributed by atoms with van der Waals surface area (Å²) in [5, 5.41) is 0. The third-order valence-electron chi connectivity index (χ3n) is 3.83. The quantitative estimate of drug-likeness (QED) is 0.890. The molecule has 1 fully saturated rings. The lowest BCUT2D eigenvalue weighted by Crippen LogP contribution is -2.25. The minimum absolute atomic E-state index is 0.198. The molecule has 0 heterocycles. The number of ether oxygens (including phenoxy) is 1. The fourth-order valence-electron chi connectivity index (χ4n) is 2.59. The van der Waals surface area contributed by atoms with Gasteiger partial charge in [0, 0.05) is 12.1 Å². The highest BCUT2D eigenvalue weighted by Crippen LogP contribution is 2.27. The summed E-state index contributed by atoms with van der Waals surface area (Å²) >= 11 is 0. The molecular weight excluding hydrogens is 229 g/mol. The molecule has 0 spiro atoms. The fourth-order valence-corrected chi connectivity index (χ4v) is 2.59. The summed E-state index contributed by atoms with van der Waals surface area (Å²) in [7, 11) is 0. The molecule has 0 amide bonds. The van der Waals surface area contributed by atoms with E-state index in [9.17, 15) is 4.39 Å². The molecule has 0 bridgehead atoms. The number of hydrogen-bond donors (Lipinski definition) is 1. The number of halogens is 1. The molecule has 2 rings (SSSR count). The normalized spacial score (nSPS) is 24.2. The standard InChI is InChI=1S/C15H22FNO/c1-11-4-2-3-5-15(11)18-10-13-8-12(9-17)6-7-14(13)16/h6-8,11,15H,2-5,9-10,17H2,1H3. The van der Waals surface area contributed by atoms with Crippen LogP contribution in [0.2, 0.25) is 0 Å². The van der Waals surface area contributed by atoms with E-state index in [1.807, 2.05) is 6.07 Å². The Kier molecular flexibility index (Phi) is 4.72. The second-order valence-corrected chi connectivity index (χ2v) is 5.24. The molecule has 1 saturated carbocycles. The molecule has 0 radical (unpaired) electrons. The Morgan fingerprint density at radius 2 is 2.11 bits per heavy atom. The van der Waals surface area contributed by atoms with Gasteiger partial charge in [-0.05, 0) is 36.5 Å². The summed E-state index contributed by atoms with van der Waals surface area (Å²) in [6, 6.07) is 5.01. The van der Waals surface area contributed by atoms with E-state index in [1.54, 1.807) is 6.07 Å². The Morgan fingerprint density at radius 1 is 1.33 bits per heavy atom. The van der Waals surface area contributed by atoms with Gasteiger partial charge in [0.25, 0.3) is 0 Å². The first kappa shape index (κ1) is 13.5. The Bertz CT molecular complexity index is 394. The molecule has 1 aromatic rings. The first-order valence-corrected chi connectivity index (χ1v) is 6.79. The van der Waals surface area contributed by atoms with Crippen molar-refractivity contribution in [3.63, 3.8) is 0 Å². The maximum Gasteiger partial charge on any atom is 0.128 e. The summed E-state index contributed by atoms with van der Waals surface area (Å²) in [5.74, 6) is 0.384. The van der Waals surface area contributed by atoms with Crippen molar-refractivity contribution in [3.8, 4) is 0 Å². The highest BCUT2D eigenvalue weighted by Gasteiger charge is 2.22. The highest BCUT2D eigenvalue weighted by atomic mass is 19.1. The van der Waals surface area contributed by atoms with Crippen LogP contribution in [-0.4, -0.2) is 6.10 Å². The average Bonchev–Trinajstić information content (AvgIpc) is 2.39. The van der Waals surface area contributed by atoms with Gasteiger partial charge >= 0.3 is 0 Å². The molecule has 2 unspecified atom stereocenters. The van der Waals surface area contributed by atoms with Gasteiger partial charge in [0.15, 0.2) is 0 Å². The van der Waals surface area contributed by atoms with Crippen molar-refractivity contribution < 1.29 is 9.13 Å². The van der Waals surface area contributed by atoms with Crippen LogP contribution in [0.25, 0.3) is 0 Å². The molecule has 2 nitrogen and oxygen atoms in total. The van der Waals surface area contributed by atoms with Crippen LogP contribution < -0.4 is 5.73 Å². The van der Waals surface area contributed by atoms with Crippen molar-refractivity contribution in [1.29, 1.82) is 0 Å². The summed E-state index contributed by atoms with van der Waals surface area (Å²) in [4.78, 5) is 0. The Hall–Kier alpha value is -0.930. The maximum absolute atomic E-state index is 13.6. The first-order chi connectivity index (χ1) is 8.70. The molecular formula is C15H22FNO. The molecule has 3 heteroatoms. The van der Waals surface area contributed by atoms with Gasteiger partial charge in [-0.1, -0.05) is 25.8 Å². The first-order valence-electron chi connectivity index (χ1n) is 6.79. The van der Waals surface area contributed by atoms with E-state index in [0.717, 1.165) is 12.0 Å². The minimum Gasteiger partial charge on any atom is -0.373 e. The van der Waals surface area contributed by atoms with E-state index in [1.165, 1.54) is 25.3 Å². The van der Waals surface area contributed by atoms with E-state index >= 15 is 0 Å². The van der Waals surface area contributed by atoms with Gasteiger partial charge in [-0.15, -0.1) is 0 Å². The highest BCUT2D eigenvalue weighted by molar-refractivity contribution is 5.24. The van der Waals surface area contributed by atoms with E-state index in [0.29, 0.717) is 24.6 Å². The van der Waals surface area contributed by atoms with Crippen LogP contribution in [0.15, 0.2) is 18.2 Å². The van der Waals surface area contributed by atoms with Crippen LogP contribution >= 0.6 is 0 Å². The topological polar surface area (TPSA) is 35.2 Å². The van der Waals surface area contributed by atoms with Crippen LogP contribution in [0.4, 0.5) is 4.39 Å². The van der Waals surface area contributed by atoms with Crippen LogP contribution in [0, 0.1) is 11.7 Å². The Balaban J connectivity index is 1.96. The van der Waals surface area contributed by atoms with Gasteiger partial charge in [-0.25, -0.2) is 4.39 Å². The smallest absolute Gasteiger partial charge is 0.128 e. The number of nitrogens with two attached hydrogens (primary N) is 1. The number of rotatable bonds is 4. The number of hydrogen-bond acceptors (Lipinski definition) is 2. The summed E-state index contributed by atoms with van der Waals surface area (Å²) in [6.45, 7) is 3.01. The second kappa shape index (κ2) is 6.30. The molecule has 0 aromatic heterocycles. The molecule has 1 aromatic carbocycles. The lowest BCUT2D eigenvalue weighted by Gasteiger charge is -2.28. The van der Waals surface area contributed by atoms with Crippen molar-refractivity contribution in [2.75, 3.05) is 0 Å². The van der Waals surface area contributed by atoms with Crippen molar-refractivity contribution in [3.05, 3.63) is 35.1 Å². The molecule has 0 aliphatic heterocycles. The predicted molar refractivity (Wildman–Crippen MR) is 70.5 cm³/mol. The summed E-state index contributed by atoms with van der Waals surface area (Å²) in [6.07, 6.45) is 5.10. The Labute approximate surface area is 108 Å². The van der Waals surface area contributed by atoms with Crippen LogP contribution in [0.1, 0.15) is 43.7 Å². The largest absolute Gasteiger partial charge is 0.373 e. The Morgan fingerprint density at radius 3 is 2.83 bits per heavy atom. The zero-order chi connectivity index (χ0) is 13.0. The van der Waals surface area contributed by atoms with Gasteiger partial charge in [-0.3, -0.25) is 0 Å². The lowest BCUT2D eigenvalue weighted by molar-refractivity contribution is -0.0165. The molecule has 2 N–H and O–H groups in total. The van der Waals surface area contributed by atoms with E-state index in [4.69, 9.17) is 10.5 Å². The van der Waals surface area contributed by atoms with Crippen molar-refractivity contribution in [2.24, 2.45) is 11.7 Å². The lowest BCUT2D eigenvalue weighted by atomic mass is 9.88. The molecule has 18 heavy (non-hydrogen) atoms.